The maximum absolute atomic E-state index is 13.4. The molecule has 2 heterocycles. The maximum atomic E-state index is 13.4. The molecule has 0 N–H and O–H groups in total. The summed E-state index contributed by atoms with van der Waals surface area (Å²) < 4.78 is 7.56. The van der Waals surface area contributed by atoms with Crippen molar-refractivity contribution >= 4 is 33.5 Å². The predicted octanol–water partition coefficient (Wildman–Crippen LogP) is 6.24. The molecular formula is C30H27BrN4O3. The Kier molecular flexibility index (Phi) is 7.51. The van der Waals surface area contributed by atoms with Gasteiger partial charge in [-0.05, 0) is 36.8 Å². The Balaban J connectivity index is 1.58. The first-order chi connectivity index (χ1) is 18.4. The summed E-state index contributed by atoms with van der Waals surface area (Å²) >= 11 is 3.48. The molecule has 1 aliphatic heterocycles. The molecule has 1 unspecified atom stereocenters. The lowest BCUT2D eigenvalue weighted by Crippen LogP contribution is -2.27. The number of hydrazone groups is 1. The maximum Gasteiger partial charge on any atom is 0.306 e. The molecular weight excluding hydrogens is 544 g/mol. The number of rotatable bonds is 7. The molecule has 1 aromatic heterocycles. The van der Waals surface area contributed by atoms with Gasteiger partial charge in [-0.1, -0.05) is 76.1 Å². The first-order valence-corrected chi connectivity index (χ1v) is 13.2. The van der Waals surface area contributed by atoms with E-state index in [1.807, 2.05) is 84.5 Å². The molecule has 0 bridgehead atoms. The highest BCUT2D eigenvalue weighted by Crippen LogP contribution is 2.39. The van der Waals surface area contributed by atoms with Crippen molar-refractivity contribution < 1.29 is 14.3 Å². The molecule has 1 aliphatic rings. The summed E-state index contributed by atoms with van der Waals surface area (Å²) in [6.45, 7) is 2.05. The highest BCUT2D eigenvalue weighted by Gasteiger charge is 2.36. The highest BCUT2D eigenvalue weighted by atomic mass is 79.9. The van der Waals surface area contributed by atoms with E-state index in [-0.39, 0.29) is 24.8 Å². The van der Waals surface area contributed by atoms with Crippen LogP contribution >= 0.6 is 15.9 Å². The van der Waals surface area contributed by atoms with Gasteiger partial charge in [0.25, 0.3) is 0 Å². The topological polar surface area (TPSA) is 76.8 Å². The lowest BCUT2D eigenvalue weighted by atomic mass is 9.96. The lowest BCUT2D eigenvalue weighted by Gasteiger charge is -2.21. The van der Waals surface area contributed by atoms with Crippen molar-refractivity contribution in [3.63, 3.8) is 0 Å². The molecule has 38 heavy (non-hydrogen) atoms. The molecule has 0 saturated heterocycles. The zero-order valence-corrected chi connectivity index (χ0v) is 22.8. The summed E-state index contributed by atoms with van der Waals surface area (Å²) in [6, 6.07) is 25.6. The predicted molar refractivity (Wildman–Crippen MR) is 150 cm³/mol. The second-order valence-electron chi connectivity index (χ2n) is 9.17. The van der Waals surface area contributed by atoms with Gasteiger partial charge in [-0.2, -0.15) is 10.2 Å². The number of ether oxygens (including phenoxy) is 1. The Morgan fingerprint density at radius 2 is 1.63 bits per heavy atom. The van der Waals surface area contributed by atoms with E-state index in [2.05, 4.69) is 28.1 Å². The number of nitrogens with zero attached hydrogens (tertiary/aromatic N) is 4. The van der Waals surface area contributed by atoms with Gasteiger partial charge < -0.3 is 4.74 Å². The van der Waals surface area contributed by atoms with Crippen LogP contribution < -0.4 is 0 Å². The minimum atomic E-state index is -0.427. The van der Waals surface area contributed by atoms with Gasteiger partial charge in [0.1, 0.15) is 0 Å². The molecule has 7 nitrogen and oxygen atoms in total. The van der Waals surface area contributed by atoms with Gasteiger partial charge in [0.15, 0.2) is 0 Å². The fourth-order valence-corrected chi connectivity index (χ4v) is 4.77. The van der Waals surface area contributed by atoms with Crippen LogP contribution in [0, 0.1) is 6.92 Å². The largest absolute Gasteiger partial charge is 0.469 e. The zero-order chi connectivity index (χ0) is 26.6. The Hall–Kier alpha value is -4.04. The number of amides is 1. The summed E-state index contributed by atoms with van der Waals surface area (Å²) in [5, 5.41) is 11.3. The lowest BCUT2D eigenvalue weighted by molar-refractivity contribution is -0.144. The van der Waals surface area contributed by atoms with Gasteiger partial charge in [-0.3, -0.25) is 9.59 Å². The van der Waals surface area contributed by atoms with E-state index in [1.165, 1.54) is 12.1 Å². The third-order valence-electron chi connectivity index (χ3n) is 6.56. The summed E-state index contributed by atoms with van der Waals surface area (Å²) in [6.07, 6.45) is 2.50. The number of esters is 1. The van der Waals surface area contributed by atoms with Crippen molar-refractivity contribution in [3.8, 4) is 16.9 Å². The van der Waals surface area contributed by atoms with E-state index in [1.54, 1.807) is 0 Å². The smallest absolute Gasteiger partial charge is 0.306 e. The molecule has 5 rings (SSSR count). The van der Waals surface area contributed by atoms with Crippen molar-refractivity contribution in [1.29, 1.82) is 0 Å². The van der Waals surface area contributed by atoms with Crippen LogP contribution in [0.3, 0.4) is 0 Å². The van der Waals surface area contributed by atoms with Crippen LogP contribution in [-0.4, -0.2) is 39.5 Å². The van der Waals surface area contributed by atoms with Crippen LogP contribution in [0.1, 0.15) is 42.0 Å². The number of benzene rings is 3. The van der Waals surface area contributed by atoms with Gasteiger partial charge in [0, 0.05) is 34.6 Å². The van der Waals surface area contributed by atoms with E-state index >= 15 is 0 Å². The van der Waals surface area contributed by atoms with E-state index in [0.717, 1.165) is 43.8 Å². The SMILES string of the molecule is COC(=O)CCC(=O)N1N=C(c2ccc(Br)cc2)CC1c1cn(-c2ccccc2)nc1-c1ccc(C)cc1. The van der Waals surface area contributed by atoms with E-state index in [0.29, 0.717) is 6.42 Å². The minimum Gasteiger partial charge on any atom is -0.469 e. The first kappa shape index (κ1) is 25.6. The zero-order valence-electron chi connectivity index (χ0n) is 21.2. The second kappa shape index (κ2) is 11.1. The van der Waals surface area contributed by atoms with E-state index in [4.69, 9.17) is 14.9 Å². The quantitative estimate of drug-likeness (QED) is 0.246. The molecule has 0 spiro atoms. The molecule has 8 heteroatoms. The number of carbonyl (C=O) groups excluding carboxylic acids is 2. The molecule has 0 aliphatic carbocycles. The van der Waals surface area contributed by atoms with Crippen LogP contribution in [-0.2, 0) is 14.3 Å². The molecule has 3 aromatic carbocycles. The van der Waals surface area contributed by atoms with Crippen LogP contribution in [0.25, 0.3) is 16.9 Å². The summed E-state index contributed by atoms with van der Waals surface area (Å²) in [5.41, 5.74) is 6.45. The summed E-state index contributed by atoms with van der Waals surface area (Å²) in [5.74, 6) is -0.668. The Bertz CT molecular complexity index is 1480. The molecule has 1 amide bonds. The monoisotopic (exact) mass is 570 g/mol. The normalized spacial score (nSPS) is 14.9. The third kappa shape index (κ3) is 5.45. The van der Waals surface area contributed by atoms with E-state index < -0.39 is 5.97 Å². The first-order valence-electron chi connectivity index (χ1n) is 12.4. The standard InChI is InChI=1S/C30H27BrN4O3/c1-20-8-10-22(11-9-20)30-25(19-34(33-30)24-6-4-3-5-7-24)27-18-26(21-12-14-23(31)15-13-21)32-35(27)28(36)16-17-29(37)38-2/h3-15,19,27H,16-18H2,1-2H3. The number of hydrogen-bond donors (Lipinski definition) is 0. The molecule has 192 valence electrons. The van der Waals surface area contributed by atoms with Crippen molar-refractivity contribution in [1.82, 2.24) is 14.8 Å². The van der Waals surface area contributed by atoms with Gasteiger partial charge in [-0.15, -0.1) is 0 Å². The number of aryl methyl sites for hydroxylation is 1. The number of carbonyl (C=O) groups is 2. The van der Waals surface area contributed by atoms with E-state index in [9.17, 15) is 9.59 Å². The molecule has 0 radical (unpaired) electrons. The Morgan fingerprint density at radius 3 is 2.32 bits per heavy atom. The number of para-hydroxylation sites is 1. The van der Waals surface area contributed by atoms with Gasteiger partial charge in [0.2, 0.25) is 5.91 Å². The van der Waals surface area contributed by atoms with Gasteiger partial charge >= 0.3 is 5.97 Å². The van der Waals surface area contributed by atoms with Crippen molar-refractivity contribution in [2.75, 3.05) is 7.11 Å². The number of halogens is 1. The molecule has 4 aromatic rings. The van der Waals surface area contributed by atoms with Gasteiger partial charge in [0.05, 0.1) is 36.7 Å². The van der Waals surface area contributed by atoms with Crippen LogP contribution in [0.15, 0.2) is 94.6 Å². The van der Waals surface area contributed by atoms with Crippen molar-refractivity contribution in [2.45, 2.75) is 32.2 Å². The Morgan fingerprint density at radius 1 is 0.947 bits per heavy atom. The fraction of sp³-hybridized carbons (Fsp3) is 0.200. The summed E-state index contributed by atoms with van der Waals surface area (Å²) in [4.78, 5) is 25.2. The van der Waals surface area contributed by atoms with Crippen LogP contribution in [0.2, 0.25) is 0 Å². The minimum absolute atomic E-state index is 0.00418. The second-order valence-corrected chi connectivity index (χ2v) is 10.1. The third-order valence-corrected chi connectivity index (χ3v) is 7.09. The molecule has 0 saturated carbocycles. The van der Waals surface area contributed by atoms with Crippen molar-refractivity contribution in [3.05, 3.63) is 106 Å². The molecule has 0 fully saturated rings. The average molecular weight is 571 g/mol. The van der Waals surface area contributed by atoms with Crippen molar-refractivity contribution in [2.24, 2.45) is 5.10 Å². The highest BCUT2D eigenvalue weighted by molar-refractivity contribution is 9.10. The number of aromatic nitrogens is 2. The fourth-order valence-electron chi connectivity index (χ4n) is 4.50. The number of methoxy groups -OCH3 is 1. The number of hydrogen-bond acceptors (Lipinski definition) is 5. The van der Waals surface area contributed by atoms with Gasteiger partial charge in [-0.25, -0.2) is 9.69 Å². The van der Waals surface area contributed by atoms with Crippen LogP contribution in [0.4, 0.5) is 0 Å². The Labute approximate surface area is 229 Å². The summed E-state index contributed by atoms with van der Waals surface area (Å²) in [7, 11) is 1.32. The molecule has 1 atom stereocenters. The van der Waals surface area contributed by atoms with Crippen LogP contribution in [0.5, 0.6) is 0 Å². The average Bonchev–Trinajstić information content (AvgIpc) is 3.58.